The lowest BCUT2D eigenvalue weighted by atomic mass is 9.89. The predicted octanol–water partition coefficient (Wildman–Crippen LogP) is 2.87. The SMILES string of the molecule is COc1cc(C)c(C2(C)CO2)c(C)c1C. The van der Waals surface area contributed by atoms with Gasteiger partial charge in [-0.3, -0.25) is 0 Å². The molecule has 1 aliphatic rings. The number of benzene rings is 1. The van der Waals surface area contributed by atoms with E-state index in [1.807, 2.05) is 0 Å². The summed E-state index contributed by atoms with van der Waals surface area (Å²) in [6.45, 7) is 9.35. The minimum Gasteiger partial charge on any atom is -0.496 e. The summed E-state index contributed by atoms with van der Waals surface area (Å²) in [5, 5.41) is 0. The number of methoxy groups -OCH3 is 1. The van der Waals surface area contributed by atoms with E-state index in [9.17, 15) is 0 Å². The van der Waals surface area contributed by atoms with Crippen LogP contribution in [0.2, 0.25) is 0 Å². The highest BCUT2D eigenvalue weighted by molar-refractivity contribution is 5.51. The maximum absolute atomic E-state index is 5.53. The van der Waals surface area contributed by atoms with Gasteiger partial charge in [-0.05, 0) is 56.0 Å². The Bertz CT molecular complexity index is 403. The lowest BCUT2D eigenvalue weighted by Gasteiger charge is -2.18. The van der Waals surface area contributed by atoms with Crippen molar-refractivity contribution in [2.45, 2.75) is 33.3 Å². The van der Waals surface area contributed by atoms with Gasteiger partial charge in [0.1, 0.15) is 11.4 Å². The highest BCUT2D eigenvalue weighted by Gasteiger charge is 2.43. The van der Waals surface area contributed by atoms with E-state index < -0.39 is 0 Å². The molecule has 2 rings (SSSR count). The van der Waals surface area contributed by atoms with E-state index in [4.69, 9.17) is 9.47 Å². The van der Waals surface area contributed by atoms with E-state index in [2.05, 4.69) is 33.8 Å². The van der Waals surface area contributed by atoms with Gasteiger partial charge in [0.2, 0.25) is 0 Å². The molecule has 0 aliphatic carbocycles. The molecular weight excluding hydrogens is 188 g/mol. The van der Waals surface area contributed by atoms with Crippen molar-refractivity contribution >= 4 is 0 Å². The Morgan fingerprint density at radius 1 is 1.27 bits per heavy atom. The normalized spacial score (nSPS) is 24.1. The first kappa shape index (κ1) is 10.5. The minimum atomic E-state index is -0.0504. The van der Waals surface area contributed by atoms with Gasteiger partial charge in [0.15, 0.2) is 0 Å². The third kappa shape index (κ3) is 1.53. The van der Waals surface area contributed by atoms with Crippen molar-refractivity contribution in [3.8, 4) is 5.75 Å². The van der Waals surface area contributed by atoms with Crippen LogP contribution in [0.1, 0.15) is 29.2 Å². The third-order valence-corrected chi connectivity index (χ3v) is 3.38. The van der Waals surface area contributed by atoms with Crippen LogP contribution in [0.25, 0.3) is 0 Å². The highest BCUT2D eigenvalue weighted by Crippen LogP contribution is 2.43. The molecule has 1 aliphatic heterocycles. The third-order valence-electron chi connectivity index (χ3n) is 3.38. The zero-order valence-electron chi connectivity index (χ0n) is 10.1. The number of rotatable bonds is 2. The molecule has 1 unspecified atom stereocenters. The van der Waals surface area contributed by atoms with Crippen molar-refractivity contribution in [3.63, 3.8) is 0 Å². The van der Waals surface area contributed by atoms with Gasteiger partial charge < -0.3 is 9.47 Å². The number of ether oxygens (including phenoxy) is 2. The summed E-state index contributed by atoms with van der Waals surface area (Å²) in [7, 11) is 1.72. The summed E-state index contributed by atoms with van der Waals surface area (Å²) < 4.78 is 10.9. The van der Waals surface area contributed by atoms with E-state index in [-0.39, 0.29) is 5.60 Å². The fourth-order valence-corrected chi connectivity index (χ4v) is 2.32. The summed E-state index contributed by atoms with van der Waals surface area (Å²) >= 11 is 0. The summed E-state index contributed by atoms with van der Waals surface area (Å²) in [5.74, 6) is 0.970. The van der Waals surface area contributed by atoms with Gasteiger partial charge in [-0.25, -0.2) is 0 Å². The van der Waals surface area contributed by atoms with Crippen LogP contribution in [0.4, 0.5) is 0 Å². The average molecular weight is 206 g/mol. The van der Waals surface area contributed by atoms with Gasteiger partial charge >= 0.3 is 0 Å². The molecule has 1 atom stereocenters. The van der Waals surface area contributed by atoms with E-state index >= 15 is 0 Å². The number of hydrogen-bond acceptors (Lipinski definition) is 2. The van der Waals surface area contributed by atoms with Crippen LogP contribution in [0.5, 0.6) is 5.75 Å². The zero-order valence-corrected chi connectivity index (χ0v) is 10.1. The average Bonchev–Trinajstić information content (AvgIpc) is 2.91. The van der Waals surface area contributed by atoms with Gasteiger partial charge in [-0.15, -0.1) is 0 Å². The van der Waals surface area contributed by atoms with Crippen molar-refractivity contribution in [2.24, 2.45) is 0 Å². The van der Waals surface area contributed by atoms with Gasteiger partial charge in [-0.1, -0.05) is 0 Å². The molecule has 0 amide bonds. The van der Waals surface area contributed by atoms with Crippen molar-refractivity contribution in [3.05, 3.63) is 28.3 Å². The molecule has 0 N–H and O–H groups in total. The first-order valence-corrected chi connectivity index (χ1v) is 5.29. The molecule has 0 bridgehead atoms. The Morgan fingerprint density at radius 3 is 2.33 bits per heavy atom. The van der Waals surface area contributed by atoms with Crippen molar-refractivity contribution < 1.29 is 9.47 Å². The quantitative estimate of drug-likeness (QED) is 0.694. The van der Waals surface area contributed by atoms with Crippen LogP contribution in [0.3, 0.4) is 0 Å². The molecule has 0 spiro atoms. The second-order valence-electron chi connectivity index (χ2n) is 4.54. The summed E-state index contributed by atoms with van der Waals surface area (Å²) in [4.78, 5) is 0. The number of epoxide rings is 1. The van der Waals surface area contributed by atoms with Gasteiger partial charge in [0.25, 0.3) is 0 Å². The van der Waals surface area contributed by atoms with E-state index in [0.717, 1.165) is 12.4 Å². The standard InChI is InChI=1S/C13H18O2/c1-8-6-11(14-5)9(2)10(3)12(8)13(4)7-15-13/h6H,7H2,1-5H3. The van der Waals surface area contributed by atoms with E-state index in [1.54, 1.807) is 7.11 Å². The van der Waals surface area contributed by atoms with Crippen molar-refractivity contribution in [1.82, 2.24) is 0 Å². The van der Waals surface area contributed by atoms with Crippen LogP contribution in [-0.2, 0) is 10.3 Å². The van der Waals surface area contributed by atoms with E-state index in [0.29, 0.717) is 0 Å². The maximum atomic E-state index is 5.53. The first-order valence-electron chi connectivity index (χ1n) is 5.29. The molecule has 0 aromatic heterocycles. The molecular formula is C13H18O2. The fourth-order valence-electron chi connectivity index (χ4n) is 2.32. The fraction of sp³-hybridized carbons (Fsp3) is 0.538. The smallest absolute Gasteiger partial charge is 0.122 e. The molecule has 82 valence electrons. The second-order valence-corrected chi connectivity index (χ2v) is 4.54. The lowest BCUT2D eigenvalue weighted by Crippen LogP contribution is -2.09. The molecule has 15 heavy (non-hydrogen) atoms. The zero-order chi connectivity index (χ0) is 11.2. The number of aryl methyl sites for hydroxylation is 1. The largest absolute Gasteiger partial charge is 0.496 e. The molecule has 0 saturated carbocycles. The van der Waals surface area contributed by atoms with Gasteiger partial charge in [0, 0.05) is 0 Å². The van der Waals surface area contributed by atoms with Gasteiger partial charge in [0.05, 0.1) is 13.7 Å². The topological polar surface area (TPSA) is 21.8 Å². The molecule has 0 radical (unpaired) electrons. The maximum Gasteiger partial charge on any atom is 0.122 e. The van der Waals surface area contributed by atoms with Crippen molar-refractivity contribution in [1.29, 1.82) is 0 Å². The van der Waals surface area contributed by atoms with Crippen LogP contribution in [0, 0.1) is 20.8 Å². The Labute approximate surface area is 91.2 Å². The van der Waals surface area contributed by atoms with Crippen molar-refractivity contribution in [2.75, 3.05) is 13.7 Å². The second kappa shape index (κ2) is 3.24. The highest BCUT2D eigenvalue weighted by atomic mass is 16.6. The predicted molar refractivity (Wildman–Crippen MR) is 60.5 cm³/mol. The first-order chi connectivity index (χ1) is 6.99. The summed E-state index contributed by atoms with van der Waals surface area (Å²) in [6.07, 6.45) is 0. The Balaban J connectivity index is 2.61. The molecule has 1 fully saturated rings. The Kier molecular flexibility index (Phi) is 2.27. The lowest BCUT2D eigenvalue weighted by molar-refractivity contribution is 0.327. The van der Waals surface area contributed by atoms with Crippen LogP contribution in [-0.4, -0.2) is 13.7 Å². The van der Waals surface area contributed by atoms with E-state index in [1.165, 1.54) is 22.3 Å². The van der Waals surface area contributed by atoms with Crippen LogP contribution >= 0.6 is 0 Å². The molecule has 1 saturated heterocycles. The summed E-state index contributed by atoms with van der Waals surface area (Å²) in [5.41, 5.74) is 5.06. The molecule has 2 heteroatoms. The molecule has 1 aromatic rings. The molecule has 1 aromatic carbocycles. The summed E-state index contributed by atoms with van der Waals surface area (Å²) in [6, 6.07) is 2.10. The van der Waals surface area contributed by atoms with Crippen LogP contribution in [0.15, 0.2) is 6.07 Å². The monoisotopic (exact) mass is 206 g/mol. The minimum absolute atomic E-state index is 0.0504. The molecule has 2 nitrogen and oxygen atoms in total. The van der Waals surface area contributed by atoms with Crippen LogP contribution < -0.4 is 4.74 Å². The van der Waals surface area contributed by atoms with Gasteiger partial charge in [-0.2, -0.15) is 0 Å². The number of hydrogen-bond donors (Lipinski definition) is 0. The molecule has 1 heterocycles. The Morgan fingerprint density at radius 2 is 1.87 bits per heavy atom. The Hall–Kier alpha value is -1.02.